The zero-order valence-corrected chi connectivity index (χ0v) is 9.37. The Labute approximate surface area is 96.6 Å². The van der Waals surface area contributed by atoms with E-state index in [1.54, 1.807) is 6.07 Å². The van der Waals surface area contributed by atoms with Gasteiger partial charge >= 0.3 is 0 Å². The van der Waals surface area contributed by atoms with E-state index in [1.165, 1.54) is 19.1 Å². The van der Waals surface area contributed by atoms with Crippen molar-refractivity contribution in [2.45, 2.75) is 19.1 Å². The molecule has 1 aromatic carbocycles. The summed E-state index contributed by atoms with van der Waals surface area (Å²) in [6.07, 6.45) is -1.30. The molecule has 0 fully saturated rings. The summed E-state index contributed by atoms with van der Waals surface area (Å²) in [5, 5.41) is 20.7. The molecule has 0 radical (unpaired) electrons. The molecule has 0 aliphatic heterocycles. The summed E-state index contributed by atoms with van der Waals surface area (Å²) in [4.78, 5) is 9.92. The Hall–Kier alpha value is -0.840. The third-order valence-electron chi connectivity index (χ3n) is 2.08. The molecule has 2 atom stereocenters. The van der Waals surface area contributed by atoms with Crippen molar-refractivity contribution in [2.75, 3.05) is 0 Å². The highest BCUT2D eigenvalue weighted by Gasteiger charge is 2.29. The molecule has 1 rings (SSSR count). The van der Waals surface area contributed by atoms with E-state index in [2.05, 4.69) is 0 Å². The number of rotatable bonds is 3. The Morgan fingerprint density at radius 2 is 1.87 bits per heavy atom. The smallest absolute Gasteiger partial charge is 0.240 e. The highest BCUT2D eigenvalue weighted by molar-refractivity contribution is 6.36. The van der Waals surface area contributed by atoms with E-state index in [9.17, 15) is 15.2 Å². The average molecular weight is 250 g/mol. The molecular formula is C9H9Cl2NO3. The predicted molar refractivity (Wildman–Crippen MR) is 57.9 cm³/mol. The zero-order valence-electron chi connectivity index (χ0n) is 7.85. The van der Waals surface area contributed by atoms with E-state index in [0.29, 0.717) is 0 Å². The van der Waals surface area contributed by atoms with Crippen LogP contribution in [0.25, 0.3) is 0 Å². The number of benzene rings is 1. The van der Waals surface area contributed by atoms with Crippen LogP contribution in [0, 0.1) is 10.1 Å². The zero-order chi connectivity index (χ0) is 11.6. The van der Waals surface area contributed by atoms with Crippen molar-refractivity contribution in [3.05, 3.63) is 43.9 Å². The van der Waals surface area contributed by atoms with Gasteiger partial charge in [0.05, 0.1) is 0 Å². The molecule has 0 spiro atoms. The van der Waals surface area contributed by atoms with Crippen molar-refractivity contribution >= 4 is 23.2 Å². The van der Waals surface area contributed by atoms with Crippen molar-refractivity contribution in [3.63, 3.8) is 0 Å². The van der Waals surface area contributed by atoms with Crippen LogP contribution >= 0.6 is 23.2 Å². The molecule has 0 aromatic heterocycles. The largest absolute Gasteiger partial charge is 0.381 e. The Balaban J connectivity index is 3.10. The van der Waals surface area contributed by atoms with Gasteiger partial charge in [0.2, 0.25) is 6.04 Å². The number of nitro groups is 1. The van der Waals surface area contributed by atoms with Crippen LogP contribution in [0.4, 0.5) is 0 Å². The Bertz CT molecular complexity index is 363. The molecule has 1 aromatic rings. The van der Waals surface area contributed by atoms with Gasteiger partial charge in [0.25, 0.3) is 0 Å². The maximum atomic E-state index is 10.5. The van der Waals surface area contributed by atoms with Crippen molar-refractivity contribution in [3.8, 4) is 0 Å². The van der Waals surface area contributed by atoms with Gasteiger partial charge in [-0.15, -0.1) is 0 Å². The second kappa shape index (κ2) is 4.79. The van der Waals surface area contributed by atoms with Crippen molar-refractivity contribution in [2.24, 2.45) is 0 Å². The van der Waals surface area contributed by atoms with Crippen LogP contribution in [0.3, 0.4) is 0 Å². The first-order valence-corrected chi connectivity index (χ1v) is 4.96. The lowest BCUT2D eigenvalue weighted by Crippen LogP contribution is -2.24. The molecule has 15 heavy (non-hydrogen) atoms. The second-order valence-corrected chi connectivity index (χ2v) is 3.92. The highest BCUT2D eigenvalue weighted by atomic mass is 35.5. The van der Waals surface area contributed by atoms with Gasteiger partial charge in [0.1, 0.15) is 6.10 Å². The number of hydrogen-bond acceptors (Lipinski definition) is 3. The lowest BCUT2D eigenvalue weighted by Gasteiger charge is -2.15. The molecule has 2 unspecified atom stereocenters. The fourth-order valence-electron chi connectivity index (χ4n) is 1.15. The standard InChI is InChI=1S/C9H9Cl2NO3/c1-5(12(14)15)9(13)8-6(10)3-2-4-7(8)11/h2-5,9,13H,1H3. The van der Waals surface area contributed by atoms with Crippen LogP contribution in [0.2, 0.25) is 10.0 Å². The molecule has 1 N–H and O–H groups in total. The lowest BCUT2D eigenvalue weighted by atomic mass is 10.0. The summed E-state index contributed by atoms with van der Waals surface area (Å²) in [6, 6.07) is 3.51. The Morgan fingerprint density at radius 3 is 2.27 bits per heavy atom. The van der Waals surface area contributed by atoms with E-state index in [1.807, 2.05) is 0 Å². The van der Waals surface area contributed by atoms with Gasteiger partial charge in [-0.3, -0.25) is 10.1 Å². The van der Waals surface area contributed by atoms with Crippen LogP contribution in [0.1, 0.15) is 18.6 Å². The summed E-state index contributed by atoms with van der Waals surface area (Å²) in [7, 11) is 0. The maximum absolute atomic E-state index is 10.5. The van der Waals surface area contributed by atoms with E-state index in [0.717, 1.165) is 0 Å². The van der Waals surface area contributed by atoms with E-state index < -0.39 is 17.1 Å². The molecule has 0 bridgehead atoms. The fourth-order valence-corrected chi connectivity index (χ4v) is 1.77. The van der Waals surface area contributed by atoms with E-state index in [-0.39, 0.29) is 15.6 Å². The average Bonchev–Trinajstić information content (AvgIpc) is 2.15. The molecule has 4 nitrogen and oxygen atoms in total. The lowest BCUT2D eigenvalue weighted by molar-refractivity contribution is -0.531. The minimum absolute atomic E-state index is 0.199. The van der Waals surface area contributed by atoms with Crippen LogP contribution < -0.4 is 0 Å². The summed E-state index contributed by atoms with van der Waals surface area (Å²) in [5.74, 6) is 0. The van der Waals surface area contributed by atoms with Crippen LogP contribution in [-0.2, 0) is 0 Å². The van der Waals surface area contributed by atoms with Gasteiger partial charge < -0.3 is 5.11 Å². The van der Waals surface area contributed by atoms with Gasteiger partial charge in [-0.2, -0.15) is 0 Å². The second-order valence-electron chi connectivity index (χ2n) is 3.11. The van der Waals surface area contributed by atoms with Gasteiger partial charge in [-0.1, -0.05) is 29.3 Å². The molecule has 0 heterocycles. The molecule has 0 aliphatic rings. The summed E-state index contributed by atoms with van der Waals surface area (Å²) < 4.78 is 0. The van der Waals surface area contributed by atoms with E-state index in [4.69, 9.17) is 23.2 Å². The minimum Gasteiger partial charge on any atom is -0.381 e. The monoisotopic (exact) mass is 249 g/mol. The number of halogens is 2. The van der Waals surface area contributed by atoms with Crippen molar-refractivity contribution in [1.82, 2.24) is 0 Å². The molecule has 0 saturated heterocycles. The van der Waals surface area contributed by atoms with Crippen LogP contribution in [0.15, 0.2) is 18.2 Å². The SMILES string of the molecule is CC(C(O)c1c(Cl)cccc1Cl)[N+](=O)[O-]. The molecular weight excluding hydrogens is 241 g/mol. The molecule has 0 saturated carbocycles. The summed E-state index contributed by atoms with van der Waals surface area (Å²) >= 11 is 11.6. The predicted octanol–water partition coefficient (Wildman–Crippen LogP) is 2.69. The number of aliphatic hydroxyl groups is 1. The van der Waals surface area contributed by atoms with E-state index >= 15 is 0 Å². The van der Waals surface area contributed by atoms with Crippen molar-refractivity contribution < 1.29 is 10.0 Å². The third kappa shape index (κ3) is 2.59. The summed E-state index contributed by atoms with van der Waals surface area (Å²) in [5.41, 5.74) is 0.199. The van der Waals surface area contributed by atoms with Gasteiger partial charge in [0.15, 0.2) is 0 Å². The maximum Gasteiger partial charge on any atom is 0.240 e. The molecule has 0 amide bonds. The Kier molecular flexibility index (Phi) is 3.90. The fraction of sp³-hybridized carbons (Fsp3) is 0.333. The number of nitrogens with zero attached hydrogens (tertiary/aromatic N) is 1. The Morgan fingerprint density at radius 1 is 1.40 bits per heavy atom. The van der Waals surface area contributed by atoms with Crippen molar-refractivity contribution in [1.29, 1.82) is 0 Å². The first-order chi connectivity index (χ1) is 6.95. The first kappa shape index (κ1) is 12.2. The summed E-state index contributed by atoms with van der Waals surface area (Å²) in [6.45, 7) is 1.30. The van der Waals surface area contributed by atoms with Gasteiger partial charge in [0, 0.05) is 27.5 Å². The van der Waals surface area contributed by atoms with Crippen LogP contribution in [0.5, 0.6) is 0 Å². The highest BCUT2D eigenvalue weighted by Crippen LogP contribution is 2.32. The molecule has 0 aliphatic carbocycles. The molecule has 6 heteroatoms. The van der Waals surface area contributed by atoms with Crippen LogP contribution in [-0.4, -0.2) is 16.1 Å². The normalized spacial score (nSPS) is 14.7. The van der Waals surface area contributed by atoms with Gasteiger partial charge in [-0.25, -0.2) is 0 Å². The van der Waals surface area contributed by atoms with Gasteiger partial charge in [-0.05, 0) is 12.1 Å². The number of hydrogen-bond donors (Lipinski definition) is 1. The molecule has 82 valence electrons. The number of aliphatic hydroxyl groups excluding tert-OH is 1. The first-order valence-electron chi connectivity index (χ1n) is 4.20. The topological polar surface area (TPSA) is 63.4 Å². The third-order valence-corrected chi connectivity index (χ3v) is 2.74. The quantitative estimate of drug-likeness (QED) is 0.662. The minimum atomic E-state index is -1.30.